The van der Waals surface area contributed by atoms with Crippen LogP contribution >= 0.6 is 0 Å². The van der Waals surface area contributed by atoms with Crippen molar-refractivity contribution in [1.82, 2.24) is 0 Å². The number of para-hydroxylation sites is 1. The lowest BCUT2D eigenvalue weighted by Crippen LogP contribution is -2.64. The van der Waals surface area contributed by atoms with Gasteiger partial charge in [-0.1, -0.05) is 72.1 Å². The summed E-state index contributed by atoms with van der Waals surface area (Å²) in [6.07, 6.45) is 13.9. The molecule has 0 aromatic heterocycles. The van der Waals surface area contributed by atoms with E-state index in [1.54, 1.807) is 0 Å². The molecule has 0 amide bonds. The lowest BCUT2D eigenvalue weighted by Gasteiger charge is -2.64. The molecule has 1 aromatic rings. The van der Waals surface area contributed by atoms with Crippen LogP contribution in [-0.4, -0.2) is 19.0 Å². The quantitative estimate of drug-likeness (QED) is 0.373. The molecule has 3 saturated carbocycles. The molecule has 5 aliphatic rings. The fraction of sp³-hybridized carbons (Fsp3) is 0.829. The van der Waals surface area contributed by atoms with Crippen LogP contribution in [0.1, 0.15) is 117 Å². The van der Waals surface area contributed by atoms with Crippen molar-refractivity contribution in [2.45, 2.75) is 124 Å². The summed E-state index contributed by atoms with van der Waals surface area (Å²) < 4.78 is 20.0. The molecule has 1 saturated heterocycles. The van der Waals surface area contributed by atoms with Crippen molar-refractivity contribution in [3.8, 4) is 5.75 Å². The Morgan fingerprint density at radius 1 is 0.895 bits per heavy atom. The third kappa shape index (κ3) is 4.11. The Balaban J connectivity index is 1.23. The molecule has 11 atom stereocenters. The van der Waals surface area contributed by atoms with E-state index in [9.17, 15) is 0 Å². The average Bonchev–Trinajstić information content (AvgIpc) is 3.23. The standard InChI is InChI=1S/C35H54O3/c1-22(2)11-10-12-23(3)26-16-17-27-24-15-18-31-34(5,28(24)19-20-33(26,27)4)21-29-32(36-7)25-13-8-9-14-30(25)37-35(29,6)38-31/h8-9,13-14,22-24,26-29,31-32H,10-12,15-21H2,1-7H3/t23-,24+,26-,27+,28+,29-,31+,32-,33-,34-,35-/m1/s1. The molecule has 38 heavy (non-hydrogen) atoms. The fourth-order valence-corrected chi connectivity index (χ4v) is 11.0. The number of rotatable bonds is 6. The van der Waals surface area contributed by atoms with Gasteiger partial charge in [0.2, 0.25) is 5.79 Å². The van der Waals surface area contributed by atoms with Gasteiger partial charge in [0.1, 0.15) is 5.75 Å². The first-order valence-electron chi connectivity index (χ1n) is 16.1. The highest BCUT2D eigenvalue weighted by molar-refractivity contribution is 5.39. The normalized spacial score (nSPS) is 46.3. The summed E-state index contributed by atoms with van der Waals surface area (Å²) in [5.74, 6) is 5.66. The van der Waals surface area contributed by atoms with Crippen LogP contribution in [0.5, 0.6) is 5.75 Å². The molecule has 0 radical (unpaired) electrons. The molecule has 0 N–H and O–H groups in total. The van der Waals surface area contributed by atoms with Crippen molar-refractivity contribution >= 4 is 0 Å². The summed E-state index contributed by atoms with van der Waals surface area (Å²) in [4.78, 5) is 0. The van der Waals surface area contributed by atoms with Crippen molar-refractivity contribution in [2.75, 3.05) is 7.11 Å². The van der Waals surface area contributed by atoms with E-state index >= 15 is 0 Å². The Kier molecular flexibility index (Phi) is 6.99. The molecular formula is C35H54O3. The van der Waals surface area contributed by atoms with E-state index in [1.165, 1.54) is 63.4 Å². The van der Waals surface area contributed by atoms with Crippen LogP contribution in [-0.2, 0) is 9.47 Å². The van der Waals surface area contributed by atoms with Gasteiger partial charge in [0.05, 0.1) is 18.1 Å². The summed E-state index contributed by atoms with van der Waals surface area (Å²) in [5.41, 5.74) is 1.92. The molecule has 6 rings (SSSR count). The van der Waals surface area contributed by atoms with Crippen LogP contribution in [0.25, 0.3) is 0 Å². The Morgan fingerprint density at radius 2 is 1.66 bits per heavy atom. The minimum Gasteiger partial charge on any atom is -0.462 e. The minimum absolute atomic E-state index is 0.0273. The molecule has 0 unspecified atom stereocenters. The van der Waals surface area contributed by atoms with Crippen LogP contribution in [0.15, 0.2) is 24.3 Å². The van der Waals surface area contributed by atoms with Crippen molar-refractivity contribution in [3.05, 3.63) is 29.8 Å². The van der Waals surface area contributed by atoms with Crippen LogP contribution in [0.4, 0.5) is 0 Å². The van der Waals surface area contributed by atoms with Gasteiger partial charge in [0.25, 0.3) is 0 Å². The molecule has 3 nitrogen and oxygen atoms in total. The number of benzene rings is 1. The van der Waals surface area contributed by atoms with E-state index in [2.05, 4.69) is 65.8 Å². The first-order valence-corrected chi connectivity index (χ1v) is 16.1. The van der Waals surface area contributed by atoms with Gasteiger partial charge in [0.15, 0.2) is 0 Å². The third-order valence-electron chi connectivity index (χ3n) is 12.9. The molecule has 212 valence electrons. The Bertz CT molecular complexity index is 1000. The van der Waals surface area contributed by atoms with Gasteiger partial charge in [-0.2, -0.15) is 0 Å². The number of ether oxygens (including phenoxy) is 3. The third-order valence-corrected chi connectivity index (χ3v) is 12.9. The van der Waals surface area contributed by atoms with Crippen LogP contribution < -0.4 is 4.74 Å². The predicted molar refractivity (Wildman–Crippen MR) is 154 cm³/mol. The van der Waals surface area contributed by atoms with E-state index in [0.29, 0.717) is 5.41 Å². The van der Waals surface area contributed by atoms with Gasteiger partial charge in [-0.15, -0.1) is 0 Å². The van der Waals surface area contributed by atoms with E-state index in [1.807, 2.05) is 7.11 Å². The maximum Gasteiger partial charge on any atom is 0.213 e. The number of fused-ring (bicyclic) bond motifs is 7. The highest BCUT2D eigenvalue weighted by atomic mass is 16.7. The van der Waals surface area contributed by atoms with Crippen molar-refractivity contribution in [3.63, 3.8) is 0 Å². The van der Waals surface area contributed by atoms with Gasteiger partial charge in [-0.3, -0.25) is 0 Å². The maximum atomic E-state index is 7.08. The second kappa shape index (κ2) is 9.79. The Labute approximate surface area is 232 Å². The van der Waals surface area contributed by atoms with Gasteiger partial charge < -0.3 is 14.2 Å². The molecule has 2 aliphatic heterocycles. The van der Waals surface area contributed by atoms with Crippen molar-refractivity contribution in [2.24, 2.45) is 52.3 Å². The smallest absolute Gasteiger partial charge is 0.213 e. The van der Waals surface area contributed by atoms with E-state index in [4.69, 9.17) is 14.2 Å². The topological polar surface area (TPSA) is 27.7 Å². The first kappa shape index (κ1) is 27.1. The molecule has 1 aromatic carbocycles. The monoisotopic (exact) mass is 522 g/mol. The molecule has 0 spiro atoms. The lowest BCUT2D eigenvalue weighted by atomic mass is 9.46. The SMILES string of the molecule is CO[C@@H]1c2ccccc2O[C@]2(C)O[C@H]3CC[C@@H]4[C@H](CC[C@]5(C)[C@@H]([C@H](C)CCCC(C)C)CC[C@@H]45)[C@@]3(C)C[C@H]12. The second-order valence-electron chi connectivity index (χ2n) is 15.2. The zero-order valence-corrected chi connectivity index (χ0v) is 25.3. The van der Waals surface area contributed by atoms with Crippen molar-refractivity contribution < 1.29 is 14.2 Å². The zero-order chi connectivity index (χ0) is 26.9. The van der Waals surface area contributed by atoms with Crippen LogP contribution in [0, 0.1) is 52.3 Å². The van der Waals surface area contributed by atoms with Gasteiger partial charge in [0, 0.05) is 19.6 Å². The van der Waals surface area contributed by atoms with E-state index < -0.39 is 5.79 Å². The summed E-state index contributed by atoms with van der Waals surface area (Å²) >= 11 is 0. The van der Waals surface area contributed by atoms with Gasteiger partial charge in [-0.25, -0.2) is 0 Å². The fourth-order valence-electron chi connectivity index (χ4n) is 11.0. The summed E-state index contributed by atoms with van der Waals surface area (Å²) in [7, 11) is 1.87. The number of methoxy groups -OCH3 is 1. The maximum absolute atomic E-state index is 7.08. The summed E-state index contributed by atoms with van der Waals surface area (Å²) in [6.45, 7) is 14.8. The van der Waals surface area contributed by atoms with E-state index in [-0.39, 0.29) is 23.5 Å². The Morgan fingerprint density at radius 3 is 2.42 bits per heavy atom. The minimum atomic E-state index is -0.612. The molecule has 3 aliphatic carbocycles. The summed E-state index contributed by atoms with van der Waals surface area (Å²) in [5, 5.41) is 0. The van der Waals surface area contributed by atoms with Crippen LogP contribution in [0.2, 0.25) is 0 Å². The van der Waals surface area contributed by atoms with Crippen molar-refractivity contribution in [1.29, 1.82) is 0 Å². The predicted octanol–water partition coefficient (Wildman–Crippen LogP) is 9.21. The number of hydrogen-bond acceptors (Lipinski definition) is 3. The summed E-state index contributed by atoms with van der Waals surface area (Å²) in [6, 6.07) is 8.45. The Hall–Kier alpha value is -1.06. The molecule has 2 heterocycles. The lowest BCUT2D eigenvalue weighted by molar-refractivity contribution is -0.335. The van der Waals surface area contributed by atoms with E-state index in [0.717, 1.165) is 47.7 Å². The molecule has 0 bridgehead atoms. The van der Waals surface area contributed by atoms with Gasteiger partial charge >= 0.3 is 0 Å². The molecule has 3 heteroatoms. The first-order chi connectivity index (χ1) is 18.1. The molecular weight excluding hydrogens is 468 g/mol. The largest absolute Gasteiger partial charge is 0.462 e. The van der Waals surface area contributed by atoms with Gasteiger partial charge in [-0.05, 0) is 97.3 Å². The molecule has 4 fully saturated rings. The second-order valence-corrected chi connectivity index (χ2v) is 15.2. The number of hydrogen-bond donors (Lipinski definition) is 0. The highest BCUT2D eigenvalue weighted by Crippen LogP contribution is 2.69. The van der Waals surface area contributed by atoms with Crippen LogP contribution in [0.3, 0.4) is 0 Å². The average molecular weight is 523 g/mol. The zero-order valence-electron chi connectivity index (χ0n) is 25.3. The highest BCUT2D eigenvalue weighted by Gasteiger charge is 2.65.